The van der Waals surface area contributed by atoms with Gasteiger partial charge in [0.15, 0.2) is 0 Å². The number of rotatable bonds is 10. The Morgan fingerprint density at radius 3 is 2.37 bits per heavy atom. The number of nitrogens with one attached hydrogen (secondary N) is 2. The first-order valence-electron chi connectivity index (χ1n) is 6.96. The summed E-state index contributed by atoms with van der Waals surface area (Å²) in [5, 5.41) is 6.37. The van der Waals surface area contributed by atoms with E-state index >= 15 is 0 Å². The fourth-order valence-electron chi connectivity index (χ4n) is 1.50. The van der Waals surface area contributed by atoms with Crippen molar-refractivity contribution >= 4 is 17.6 Å². The number of nitrogens with two attached hydrogens (primary N) is 1. The topological polar surface area (TPSA) is 85.1 Å². The first-order chi connectivity index (χ1) is 9.26. The van der Waals surface area contributed by atoms with E-state index in [2.05, 4.69) is 34.4 Å². The molecule has 0 aliphatic heterocycles. The van der Waals surface area contributed by atoms with E-state index in [0.29, 0.717) is 13.2 Å². The third kappa shape index (κ3) is 6.81. The van der Waals surface area contributed by atoms with Crippen LogP contribution in [0.4, 0.5) is 17.6 Å². The molecule has 1 rings (SSSR count). The quantitative estimate of drug-likeness (QED) is 0.563. The zero-order valence-corrected chi connectivity index (χ0v) is 11.9. The minimum atomic E-state index is 0.274. The Hall–Kier alpha value is -1.56. The third-order valence-electron chi connectivity index (χ3n) is 2.49. The fourth-order valence-corrected chi connectivity index (χ4v) is 1.50. The first-order valence-corrected chi connectivity index (χ1v) is 6.96. The van der Waals surface area contributed by atoms with Gasteiger partial charge < -0.3 is 21.1 Å². The van der Waals surface area contributed by atoms with Crippen LogP contribution in [0.5, 0.6) is 0 Å². The minimum Gasteiger partial charge on any atom is -0.380 e. The molecule has 0 spiro atoms. The van der Waals surface area contributed by atoms with Crippen molar-refractivity contribution in [3.05, 3.63) is 6.07 Å². The van der Waals surface area contributed by atoms with Gasteiger partial charge in [0, 0.05) is 25.8 Å². The van der Waals surface area contributed by atoms with Crippen LogP contribution in [0, 0.1) is 0 Å². The summed E-state index contributed by atoms with van der Waals surface area (Å²) in [5.74, 6) is 1.75. The Bertz CT molecular complexity index is 359. The predicted molar refractivity (Wildman–Crippen MR) is 79.4 cm³/mol. The Morgan fingerprint density at radius 2 is 1.74 bits per heavy atom. The second-order valence-electron chi connectivity index (χ2n) is 4.32. The molecular weight excluding hydrogens is 242 g/mol. The Labute approximate surface area is 115 Å². The molecule has 0 bridgehead atoms. The molecule has 0 amide bonds. The highest BCUT2D eigenvalue weighted by atomic mass is 16.5. The van der Waals surface area contributed by atoms with E-state index in [1.807, 2.05) is 6.07 Å². The molecular formula is C13H25N5O. The van der Waals surface area contributed by atoms with E-state index in [-0.39, 0.29) is 5.95 Å². The monoisotopic (exact) mass is 267 g/mol. The van der Waals surface area contributed by atoms with Gasteiger partial charge in [0.2, 0.25) is 5.95 Å². The second-order valence-corrected chi connectivity index (χ2v) is 4.32. The van der Waals surface area contributed by atoms with E-state index in [4.69, 9.17) is 10.5 Å². The van der Waals surface area contributed by atoms with Crippen LogP contribution in [-0.2, 0) is 4.74 Å². The Balaban J connectivity index is 2.34. The normalized spacial score (nSPS) is 10.4. The summed E-state index contributed by atoms with van der Waals surface area (Å²) in [6, 6.07) is 1.86. The summed E-state index contributed by atoms with van der Waals surface area (Å²) in [6.45, 7) is 7.32. The molecule has 0 saturated carbocycles. The minimum absolute atomic E-state index is 0.274. The summed E-state index contributed by atoms with van der Waals surface area (Å²) in [4.78, 5) is 8.26. The summed E-state index contributed by atoms with van der Waals surface area (Å²) in [6.07, 6.45) is 3.30. The molecule has 6 nitrogen and oxygen atoms in total. The average molecular weight is 267 g/mol. The summed E-state index contributed by atoms with van der Waals surface area (Å²) in [5.41, 5.74) is 5.67. The number of anilines is 3. The zero-order chi connectivity index (χ0) is 13.9. The lowest BCUT2D eigenvalue weighted by atomic mass is 10.4. The average Bonchev–Trinajstić information content (AvgIpc) is 2.40. The SMILES string of the molecule is CCCCOCCNc1cc(NCCC)nc(N)n1. The van der Waals surface area contributed by atoms with Crippen molar-refractivity contribution in [2.45, 2.75) is 33.1 Å². The van der Waals surface area contributed by atoms with E-state index in [1.165, 1.54) is 0 Å². The van der Waals surface area contributed by atoms with Crippen LogP contribution >= 0.6 is 0 Å². The van der Waals surface area contributed by atoms with Crippen molar-refractivity contribution in [3.63, 3.8) is 0 Å². The maximum Gasteiger partial charge on any atom is 0.223 e. The van der Waals surface area contributed by atoms with Crippen LogP contribution < -0.4 is 16.4 Å². The van der Waals surface area contributed by atoms with Gasteiger partial charge in [0.1, 0.15) is 11.6 Å². The lowest BCUT2D eigenvalue weighted by molar-refractivity contribution is 0.141. The van der Waals surface area contributed by atoms with Crippen molar-refractivity contribution in [2.75, 3.05) is 42.7 Å². The second kappa shape index (κ2) is 9.38. The molecule has 0 saturated heterocycles. The molecule has 19 heavy (non-hydrogen) atoms. The number of hydrogen-bond donors (Lipinski definition) is 3. The molecule has 0 aliphatic rings. The van der Waals surface area contributed by atoms with Crippen LogP contribution in [0.2, 0.25) is 0 Å². The summed E-state index contributed by atoms with van der Waals surface area (Å²) >= 11 is 0. The lowest BCUT2D eigenvalue weighted by Gasteiger charge is -2.09. The van der Waals surface area contributed by atoms with Gasteiger partial charge in [-0.25, -0.2) is 0 Å². The van der Waals surface area contributed by atoms with Crippen LogP contribution in [0.1, 0.15) is 33.1 Å². The van der Waals surface area contributed by atoms with Gasteiger partial charge in [0.25, 0.3) is 0 Å². The molecule has 0 aliphatic carbocycles. The number of hydrogen-bond acceptors (Lipinski definition) is 6. The van der Waals surface area contributed by atoms with Gasteiger partial charge in [0.05, 0.1) is 6.61 Å². The summed E-state index contributed by atoms with van der Waals surface area (Å²) in [7, 11) is 0. The Kier molecular flexibility index (Phi) is 7.65. The molecule has 6 heteroatoms. The zero-order valence-electron chi connectivity index (χ0n) is 11.9. The van der Waals surface area contributed by atoms with Crippen LogP contribution in [0.3, 0.4) is 0 Å². The van der Waals surface area contributed by atoms with Gasteiger partial charge in [-0.15, -0.1) is 0 Å². The van der Waals surface area contributed by atoms with Gasteiger partial charge in [-0.3, -0.25) is 0 Å². The van der Waals surface area contributed by atoms with Crippen molar-refractivity contribution < 1.29 is 4.74 Å². The molecule has 0 aromatic carbocycles. The molecule has 0 radical (unpaired) electrons. The fraction of sp³-hybridized carbons (Fsp3) is 0.692. The van der Waals surface area contributed by atoms with E-state index < -0.39 is 0 Å². The van der Waals surface area contributed by atoms with Crippen LogP contribution in [-0.4, -0.2) is 36.3 Å². The van der Waals surface area contributed by atoms with Crippen molar-refractivity contribution in [1.82, 2.24) is 9.97 Å². The lowest BCUT2D eigenvalue weighted by Crippen LogP contribution is -2.13. The highest BCUT2D eigenvalue weighted by molar-refractivity contribution is 5.50. The van der Waals surface area contributed by atoms with Crippen molar-refractivity contribution in [2.24, 2.45) is 0 Å². The largest absolute Gasteiger partial charge is 0.380 e. The molecule has 0 unspecified atom stereocenters. The Morgan fingerprint density at radius 1 is 1.05 bits per heavy atom. The van der Waals surface area contributed by atoms with Crippen LogP contribution in [0.15, 0.2) is 6.07 Å². The standard InChI is InChI=1S/C13H25N5O/c1-3-5-8-19-9-7-16-12-10-11(15-6-4-2)17-13(14)18-12/h10H,3-9H2,1-2H3,(H4,14,15,16,17,18). The van der Waals surface area contributed by atoms with Gasteiger partial charge in [-0.1, -0.05) is 20.3 Å². The predicted octanol–water partition coefficient (Wildman–Crippen LogP) is 2.11. The van der Waals surface area contributed by atoms with E-state index in [1.54, 1.807) is 0 Å². The molecule has 1 aromatic rings. The van der Waals surface area contributed by atoms with Gasteiger partial charge >= 0.3 is 0 Å². The number of nitrogens with zero attached hydrogens (tertiary/aromatic N) is 2. The molecule has 1 heterocycles. The highest BCUT2D eigenvalue weighted by Crippen LogP contribution is 2.12. The smallest absolute Gasteiger partial charge is 0.223 e. The first kappa shape index (κ1) is 15.5. The van der Waals surface area contributed by atoms with E-state index in [9.17, 15) is 0 Å². The number of unbranched alkanes of at least 4 members (excludes halogenated alkanes) is 1. The molecule has 0 atom stereocenters. The summed E-state index contributed by atoms with van der Waals surface area (Å²) < 4.78 is 5.47. The van der Waals surface area contributed by atoms with Crippen LogP contribution in [0.25, 0.3) is 0 Å². The number of ether oxygens (including phenoxy) is 1. The van der Waals surface area contributed by atoms with E-state index in [0.717, 1.165) is 44.0 Å². The van der Waals surface area contributed by atoms with Gasteiger partial charge in [-0.2, -0.15) is 9.97 Å². The number of aromatic nitrogens is 2. The van der Waals surface area contributed by atoms with Crippen molar-refractivity contribution in [1.29, 1.82) is 0 Å². The maximum absolute atomic E-state index is 5.67. The molecule has 0 fully saturated rings. The number of nitrogen functional groups attached to an aromatic ring is 1. The third-order valence-corrected chi connectivity index (χ3v) is 2.49. The van der Waals surface area contributed by atoms with Crippen molar-refractivity contribution in [3.8, 4) is 0 Å². The van der Waals surface area contributed by atoms with Gasteiger partial charge in [-0.05, 0) is 12.8 Å². The highest BCUT2D eigenvalue weighted by Gasteiger charge is 2.01. The maximum atomic E-state index is 5.67. The molecule has 108 valence electrons. The molecule has 4 N–H and O–H groups in total. The molecule has 1 aromatic heterocycles.